The van der Waals surface area contributed by atoms with E-state index >= 15 is 0 Å². The zero-order valence-corrected chi connectivity index (χ0v) is 11.9. The van der Waals surface area contributed by atoms with Gasteiger partial charge in [0.2, 0.25) is 0 Å². The minimum atomic E-state index is -4.17. The van der Waals surface area contributed by atoms with Crippen molar-refractivity contribution in [3.8, 4) is 0 Å². The average molecular weight is 301 g/mol. The van der Waals surface area contributed by atoms with Gasteiger partial charge in [0.1, 0.15) is 11.6 Å². The summed E-state index contributed by atoms with van der Waals surface area (Å²) in [5.41, 5.74) is -0.917. The SMILES string of the molecule is CC(C)(C)OC(=O)NC(c1ccccc1)C(F)(F)C(=O)O. The van der Waals surface area contributed by atoms with Gasteiger partial charge in [-0.05, 0) is 26.3 Å². The Balaban J connectivity index is 3.05. The Morgan fingerprint density at radius 2 is 1.71 bits per heavy atom. The van der Waals surface area contributed by atoms with E-state index < -0.39 is 29.6 Å². The highest BCUT2D eigenvalue weighted by atomic mass is 19.3. The lowest BCUT2D eigenvalue weighted by molar-refractivity contribution is -0.169. The van der Waals surface area contributed by atoms with Gasteiger partial charge in [-0.3, -0.25) is 0 Å². The zero-order chi connectivity index (χ0) is 16.3. The van der Waals surface area contributed by atoms with Crippen molar-refractivity contribution in [1.29, 1.82) is 0 Å². The Labute approximate surface area is 120 Å². The van der Waals surface area contributed by atoms with Crippen LogP contribution in [0.3, 0.4) is 0 Å². The van der Waals surface area contributed by atoms with Crippen molar-refractivity contribution < 1.29 is 28.2 Å². The first-order chi connectivity index (χ1) is 9.54. The number of alkyl halides is 2. The second kappa shape index (κ2) is 6.07. The molecule has 0 bridgehead atoms. The number of hydrogen-bond acceptors (Lipinski definition) is 3. The highest BCUT2D eigenvalue weighted by molar-refractivity contribution is 5.78. The zero-order valence-electron chi connectivity index (χ0n) is 11.9. The molecule has 0 radical (unpaired) electrons. The molecule has 0 spiro atoms. The van der Waals surface area contributed by atoms with E-state index in [9.17, 15) is 18.4 Å². The molecule has 1 atom stereocenters. The molecule has 5 nitrogen and oxygen atoms in total. The molecule has 1 aromatic rings. The number of amides is 1. The Hall–Kier alpha value is -2.18. The van der Waals surface area contributed by atoms with Gasteiger partial charge in [0.05, 0.1) is 0 Å². The molecule has 1 unspecified atom stereocenters. The molecule has 116 valence electrons. The number of aliphatic carboxylic acids is 1. The first-order valence-electron chi connectivity index (χ1n) is 6.19. The molecule has 0 saturated heterocycles. The third-order valence-electron chi connectivity index (χ3n) is 2.44. The van der Waals surface area contributed by atoms with E-state index in [1.807, 2.05) is 5.32 Å². The number of rotatable bonds is 4. The fourth-order valence-corrected chi connectivity index (χ4v) is 1.58. The number of carbonyl (C=O) groups excluding carboxylic acids is 1. The van der Waals surface area contributed by atoms with Crippen LogP contribution in [0, 0.1) is 0 Å². The van der Waals surface area contributed by atoms with Crippen LogP contribution in [-0.2, 0) is 9.53 Å². The van der Waals surface area contributed by atoms with Crippen LogP contribution >= 0.6 is 0 Å². The van der Waals surface area contributed by atoms with Crippen LogP contribution in [0.5, 0.6) is 0 Å². The van der Waals surface area contributed by atoms with Crippen molar-refractivity contribution >= 4 is 12.1 Å². The molecule has 0 saturated carbocycles. The van der Waals surface area contributed by atoms with Gasteiger partial charge in [0, 0.05) is 0 Å². The third-order valence-corrected chi connectivity index (χ3v) is 2.44. The summed E-state index contributed by atoms with van der Waals surface area (Å²) in [5.74, 6) is -6.49. The Kier molecular flexibility index (Phi) is 4.88. The van der Waals surface area contributed by atoms with E-state index in [1.165, 1.54) is 24.3 Å². The summed E-state index contributed by atoms with van der Waals surface area (Å²) in [4.78, 5) is 22.4. The summed E-state index contributed by atoms with van der Waals surface area (Å²) in [7, 11) is 0. The largest absolute Gasteiger partial charge is 0.477 e. The van der Waals surface area contributed by atoms with Crippen LogP contribution in [-0.4, -0.2) is 28.7 Å². The van der Waals surface area contributed by atoms with Gasteiger partial charge in [-0.2, -0.15) is 8.78 Å². The summed E-state index contributed by atoms with van der Waals surface area (Å²) in [6, 6.07) is 5.12. The van der Waals surface area contributed by atoms with Crippen molar-refractivity contribution in [3.05, 3.63) is 35.9 Å². The molecule has 0 fully saturated rings. The topological polar surface area (TPSA) is 75.6 Å². The molecule has 0 aromatic heterocycles. The standard InChI is InChI=1S/C14H17F2NO4/c1-13(2,3)21-12(20)17-10(14(15,16)11(18)19)9-7-5-4-6-8-9/h4-8,10H,1-3H3,(H,17,20)(H,18,19). The number of nitrogens with one attached hydrogen (secondary N) is 1. The molecule has 1 rings (SSSR count). The van der Waals surface area contributed by atoms with E-state index in [0.29, 0.717) is 0 Å². The number of benzene rings is 1. The molecule has 7 heteroatoms. The van der Waals surface area contributed by atoms with E-state index in [0.717, 1.165) is 0 Å². The maximum atomic E-state index is 13.8. The number of carboxylic acid groups (broad SMARTS) is 1. The molecule has 0 aliphatic heterocycles. The smallest absolute Gasteiger partial charge is 0.408 e. The van der Waals surface area contributed by atoms with Gasteiger partial charge < -0.3 is 15.2 Å². The number of halogens is 2. The lowest BCUT2D eigenvalue weighted by atomic mass is 10.0. The Morgan fingerprint density at radius 1 is 1.19 bits per heavy atom. The molecule has 2 N–H and O–H groups in total. The summed E-state index contributed by atoms with van der Waals surface area (Å²) in [6.07, 6.45) is -1.11. The fourth-order valence-electron chi connectivity index (χ4n) is 1.58. The quantitative estimate of drug-likeness (QED) is 0.896. The first-order valence-corrected chi connectivity index (χ1v) is 6.19. The average Bonchev–Trinajstić information content (AvgIpc) is 2.34. The van der Waals surface area contributed by atoms with Crippen LogP contribution in [0.1, 0.15) is 32.4 Å². The number of carboxylic acids is 1. The number of hydrogen-bond donors (Lipinski definition) is 2. The maximum absolute atomic E-state index is 13.8. The first kappa shape index (κ1) is 16.9. The van der Waals surface area contributed by atoms with Crippen molar-refractivity contribution in [2.45, 2.75) is 38.3 Å². The van der Waals surface area contributed by atoms with Gasteiger partial charge in [-0.25, -0.2) is 9.59 Å². The summed E-state index contributed by atoms with van der Waals surface area (Å²) < 4.78 is 32.5. The predicted octanol–water partition coefficient (Wildman–Crippen LogP) is 2.97. The minimum absolute atomic E-state index is 0.0317. The number of alkyl carbamates (subject to hydrolysis) is 1. The minimum Gasteiger partial charge on any atom is -0.477 e. The normalized spacial score (nSPS) is 13.4. The summed E-state index contributed by atoms with van der Waals surface area (Å²) in [5, 5.41) is 10.6. The lowest BCUT2D eigenvalue weighted by Gasteiger charge is -2.27. The highest BCUT2D eigenvalue weighted by Gasteiger charge is 2.49. The molecular weight excluding hydrogens is 284 g/mol. The predicted molar refractivity (Wildman–Crippen MR) is 71.1 cm³/mol. The van der Waals surface area contributed by atoms with E-state index in [2.05, 4.69) is 0 Å². The van der Waals surface area contributed by atoms with Gasteiger partial charge >= 0.3 is 18.0 Å². The highest BCUT2D eigenvalue weighted by Crippen LogP contribution is 2.32. The molecule has 0 aliphatic carbocycles. The van der Waals surface area contributed by atoms with Crippen LogP contribution in [0.4, 0.5) is 13.6 Å². The third kappa shape index (κ3) is 4.70. The lowest BCUT2D eigenvalue weighted by Crippen LogP contribution is -2.46. The monoisotopic (exact) mass is 301 g/mol. The molecule has 1 amide bonds. The van der Waals surface area contributed by atoms with Crippen LogP contribution in [0.2, 0.25) is 0 Å². The van der Waals surface area contributed by atoms with Crippen molar-refractivity contribution in [3.63, 3.8) is 0 Å². The van der Waals surface area contributed by atoms with E-state index in [4.69, 9.17) is 9.84 Å². The molecule has 1 aromatic carbocycles. The van der Waals surface area contributed by atoms with E-state index in [1.54, 1.807) is 26.8 Å². The van der Waals surface area contributed by atoms with Crippen molar-refractivity contribution in [1.82, 2.24) is 5.32 Å². The second-order valence-electron chi connectivity index (χ2n) is 5.42. The second-order valence-corrected chi connectivity index (χ2v) is 5.42. The molecule has 0 aliphatic rings. The van der Waals surface area contributed by atoms with Gasteiger partial charge in [0.15, 0.2) is 0 Å². The van der Waals surface area contributed by atoms with Gasteiger partial charge in [-0.15, -0.1) is 0 Å². The Bertz CT molecular complexity index is 511. The van der Waals surface area contributed by atoms with Crippen LogP contribution in [0.15, 0.2) is 30.3 Å². The Morgan fingerprint density at radius 3 is 2.14 bits per heavy atom. The number of ether oxygens (including phenoxy) is 1. The van der Waals surface area contributed by atoms with Crippen LogP contribution in [0.25, 0.3) is 0 Å². The maximum Gasteiger partial charge on any atom is 0.408 e. The number of carbonyl (C=O) groups is 2. The molecule has 0 heterocycles. The molecule has 21 heavy (non-hydrogen) atoms. The summed E-state index contributed by atoms with van der Waals surface area (Å²) in [6.45, 7) is 4.71. The fraction of sp³-hybridized carbons (Fsp3) is 0.429. The molecular formula is C14H17F2NO4. The van der Waals surface area contributed by atoms with Gasteiger partial charge in [-0.1, -0.05) is 30.3 Å². The van der Waals surface area contributed by atoms with E-state index in [-0.39, 0.29) is 5.56 Å². The van der Waals surface area contributed by atoms with Crippen LogP contribution < -0.4 is 5.32 Å². The van der Waals surface area contributed by atoms with Crippen molar-refractivity contribution in [2.24, 2.45) is 0 Å². The van der Waals surface area contributed by atoms with Gasteiger partial charge in [0.25, 0.3) is 0 Å². The van der Waals surface area contributed by atoms with Crippen molar-refractivity contribution in [2.75, 3.05) is 0 Å². The summed E-state index contributed by atoms with van der Waals surface area (Å²) >= 11 is 0.